The molecule has 1 heterocycles. The lowest BCUT2D eigenvalue weighted by atomic mass is 9.74. The van der Waals surface area contributed by atoms with Crippen LogP contribution in [0, 0.1) is 5.92 Å². The Bertz CT molecular complexity index is 742. The third-order valence-corrected chi connectivity index (χ3v) is 5.45. The molecule has 6 nitrogen and oxygen atoms in total. The van der Waals surface area contributed by atoms with E-state index in [0.29, 0.717) is 24.0 Å². The molecule has 0 N–H and O–H groups in total. The smallest absolute Gasteiger partial charge is 0.333 e. The summed E-state index contributed by atoms with van der Waals surface area (Å²) in [7, 11) is 0. The molecule has 0 radical (unpaired) electrons. The molecule has 0 spiro atoms. The van der Waals surface area contributed by atoms with Crippen LogP contribution >= 0.6 is 0 Å². The molecule has 1 saturated carbocycles. The lowest BCUT2D eigenvalue weighted by Gasteiger charge is -2.34. The number of hydrogen-bond acceptors (Lipinski definition) is 6. The molecule has 0 aromatic heterocycles. The van der Waals surface area contributed by atoms with Gasteiger partial charge in [0.25, 0.3) is 0 Å². The number of Topliss-reactive ketones (excluding diaryl/α,β-unsaturated/α-hetero) is 1. The number of hydrogen-bond donors (Lipinski definition) is 0. The van der Waals surface area contributed by atoms with Crippen molar-refractivity contribution in [3.05, 3.63) is 35.5 Å². The summed E-state index contributed by atoms with van der Waals surface area (Å²) in [5.74, 6) is -1.70. The van der Waals surface area contributed by atoms with Crippen LogP contribution in [0.15, 0.2) is 35.5 Å². The second kappa shape index (κ2) is 8.43. The van der Waals surface area contributed by atoms with Crippen LogP contribution in [0.2, 0.25) is 0 Å². The zero-order valence-corrected chi connectivity index (χ0v) is 17.5. The van der Waals surface area contributed by atoms with Crippen molar-refractivity contribution < 1.29 is 28.6 Å². The number of fused-ring (bicyclic) bond motifs is 1. The molecule has 154 valence electrons. The highest BCUT2D eigenvalue weighted by Gasteiger charge is 2.66. The van der Waals surface area contributed by atoms with Crippen molar-refractivity contribution in [2.75, 3.05) is 0 Å². The van der Waals surface area contributed by atoms with Crippen molar-refractivity contribution in [1.29, 1.82) is 0 Å². The van der Waals surface area contributed by atoms with Gasteiger partial charge >= 0.3 is 11.9 Å². The predicted molar refractivity (Wildman–Crippen MR) is 104 cm³/mol. The Morgan fingerprint density at radius 1 is 1.32 bits per heavy atom. The quantitative estimate of drug-likeness (QED) is 0.287. The van der Waals surface area contributed by atoms with Crippen LogP contribution in [-0.4, -0.2) is 41.6 Å². The Balaban J connectivity index is 2.29. The maximum Gasteiger partial charge on any atom is 0.333 e. The van der Waals surface area contributed by atoms with E-state index in [-0.39, 0.29) is 11.9 Å². The summed E-state index contributed by atoms with van der Waals surface area (Å²) in [5, 5.41) is 0. The number of epoxide rings is 1. The van der Waals surface area contributed by atoms with Crippen molar-refractivity contribution in [3.63, 3.8) is 0 Å². The van der Waals surface area contributed by atoms with Gasteiger partial charge in [-0.1, -0.05) is 24.3 Å². The van der Waals surface area contributed by atoms with Crippen LogP contribution < -0.4 is 0 Å². The van der Waals surface area contributed by atoms with Crippen molar-refractivity contribution in [1.82, 2.24) is 0 Å². The van der Waals surface area contributed by atoms with E-state index in [4.69, 9.17) is 14.2 Å². The number of carbonyl (C=O) groups excluding carboxylic acids is 3. The first-order valence-corrected chi connectivity index (χ1v) is 9.56. The van der Waals surface area contributed by atoms with Crippen LogP contribution in [0.5, 0.6) is 0 Å². The van der Waals surface area contributed by atoms with E-state index >= 15 is 0 Å². The Labute approximate surface area is 166 Å². The third-order valence-electron chi connectivity index (χ3n) is 5.45. The monoisotopic (exact) mass is 390 g/mol. The molecule has 0 aromatic carbocycles. The zero-order valence-electron chi connectivity index (χ0n) is 17.5. The van der Waals surface area contributed by atoms with E-state index < -0.39 is 35.7 Å². The van der Waals surface area contributed by atoms with Crippen LogP contribution in [-0.2, 0) is 28.6 Å². The lowest BCUT2D eigenvalue weighted by Crippen LogP contribution is -2.48. The summed E-state index contributed by atoms with van der Waals surface area (Å²) in [5.41, 5.74) is 1.23. The number of ether oxygens (including phenoxy) is 3. The number of esters is 2. The molecule has 1 saturated heterocycles. The highest BCUT2D eigenvalue weighted by atomic mass is 16.6. The summed E-state index contributed by atoms with van der Waals surface area (Å²) in [6, 6.07) is 0. The van der Waals surface area contributed by atoms with E-state index in [1.54, 1.807) is 26.8 Å². The fourth-order valence-electron chi connectivity index (χ4n) is 3.43. The molecule has 2 rings (SSSR count). The molecule has 0 aromatic rings. The van der Waals surface area contributed by atoms with Gasteiger partial charge in [0.15, 0.2) is 11.7 Å². The second-order valence-electron chi connectivity index (χ2n) is 7.91. The van der Waals surface area contributed by atoms with Crippen molar-refractivity contribution in [2.45, 2.75) is 78.3 Å². The highest BCUT2D eigenvalue weighted by Crippen LogP contribution is 2.50. The predicted octanol–water partition coefficient (Wildman–Crippen LogP) is 3.46. The normalized spacial score (nSPS) is 30.0. The third kappa shape index (κ3) is 4.61. The Morgan fingerprint density at radius 3 is 2.50 bits per heavy atom. The summed E-state index contributed by atoms with van der Waals surface area (Å²) >= 11 is 0. The minimum atomic E-state index is -0.982. The Kier molecular flexibility index (Phi) is 6.65. The first-order valence-electron chi connectivity index (χ1n) is 9.56. The molecule has 1 unspecified atom stereocenters. The van der Waals surface area contributed by atoms with Gasteiger partial charge < -0.3 is 14.2 Å². The van der Waals surface area contributed by atoms with Crippen molar-refractivity contribution in [2.24, 2.45) is 5.92 Å². The first kappa shape index (κ1) is 22.1. The lowest BCUT2D eigenvalue weighted by molar-refractivity contribution is -0.159. The molecule has 0 amide bonds. The van der Waals surface area contributed by atoms with Gasteiger partial charge in [0.1, 0.15) is 6.10 Å². The fourth-order valence-corrected chi connectivity index (χ4v) is 3.43. The second-order valence-corrected chi connectivity index (χ2v) is 7.91. The van der Waals surface area contributed by atoms with E-state index in [1.165, 1.54) is 6.92 Å². The molecule has 1 aliphatic carbocycles. The minimum Gasteiger partial charge on any atom is -0.454 e. The van der Waals surface area contributed by atoms with Crippen LogP contribution in [0.1, 0.15) is 54.4 Å². The van der Waals surface area contributed by atoms with Gasteiger partial charge in [-0.25, -0.2) is 4.79 Å². The summed E-state index contributed by atoms with van der Waals surface area (Å²) in [4.78, 5) is 36.8. The number of ketones is 1. The van der Waals surface area contributed by atoms with E-state index in [9.17, 15) is 14.4 Å². The maximum atomic E-state index is 12.8. The van der Waals surface area contributed by atoms with Crippen LogP contribution in [0.3, 0.4) is 0 Å². The van der Waals surface area contributed by atoms with Crippen LogP contribution in [0.4, 0.5) is 0 Å². The maximum absolute atomic E-state index is 12.8. The standard InChI is InChI=1S/C22H30O6/c1-8-13(4)21(25)27-17(10-9-12(2)3)14(5)16-11-18-22(7,28-18)20(24)19(16)26-15(6)23/h8-9,16-19H,5,10-11H2,1-4,6-7H3/b13-8-/t16-,17?,18-,19-,22-/m0/s1. The van der Waals surface area contributed by atoms with E-state index in [2.05, 4.69) is 6.58 Å². The molecule has 28 heavy (non-hydrogen) atoms. The highest BCUT2D eigenvalue weighted by molar-refractivity contribution is 5.96. The molecule has 5 atom stereocenters. The molecule has 0 bridgehead atoms. The Morgan fingerprint density at radius 2 is 1.96 bits per heavy atom. The van der Waals surface area contributed by atoms with E-state index in [1.807, 2.05) is 19.9 Å². The summed E-state index contributed by atoms with van der Waals surface area (Å²) in [6.45, 7) is 14.5. The number of carbonyl (C=O) groups is 3. The molecule has 1 aliphatic heterocycles. The SMILES string of the molecule is C=C(C(CC=C(C)C)OC(=O)/C(C)=C\C)[C@@H]1C[C@@H]2O[C@]2(C)C(=O)[C@H]1OC(C)=O. The molecule has 6 heteroatoms. The average molecular weight is 390 g/mol. The van der Waals surface area contributed by atoms with Crippen molar-refractivity contribution in [3.8, 4) is 0 Å². The van der Waals surface area contributed by atoms with E-state index in [0.717, 1.165) is 5.57 Å². The number of rotatable bonds is 7. The summed E-state index contributed by atoms with van der Waals surface area (Å²) < 4.78 is 16.6. The van der Waals surface area contributed by atoms with Gasteiger partial charge in [-0.15, -0.1) is 0 Å². The average Bonchev–Trinajstić information content (AvgIpc) is 3.30. The minimum absolute atomic E-state index is 0.231. The Hall–Kier alpha value is -2.21. The van der Waals surface area contributed by atoms with Crippen molar-refractivity contribution >= 4 is 17.7 Å². The van der Waals surface area contributed by atoms with Gasteiger partial charge in [0.2, 0.25) is 5.78 Å². The largest absolute Gasteiger partial charge is 0.454 e. The molecular weight excluding hydrogens is 360 g/mol. The van der Waals surface area contributed by atoms with Gasteiger partial charge in [0, 0.05) is 24.8 Å². The van der Waals surface area contributed by atoms with Gasteiger partial charge in [-0.3, -0.25) is 9.59 Å². The van der Waals surface area contributed by atoms with Gasteiger partial charge in [0.05, 0.1) is 6.10 Å². The summed E-state index contributed by atoms with van der Waals surface area (Å²) in [6.07, 6.45) is 2.72. The number of allylic oxidation sites excluding steroid dienone is 2. The fraction of sp³-hybridized carbons (Fsp3) is 0.591. The topological polar surface area (TPSA) is 82.2 Å². The zero-order chi connectivity index (χ0) is 21.2. The first-order chi connectivity index (χ1) is 13.0. The molecular formula is C22H30O6. The molecule has 2 fully saturated rings. The van der Waals surface area contributed by atoms with Gasteiger partial charge in [-0.05, 0) is 46.6 Å². The molecule has 2 aliphatic rings. The van der Waals surface area contributed by atoms with Crippen LogP contribution in [0.25, 0.3) is 0 Å². The van der Waals surface area contributed by atoms with Gasteiger partial charge in [-0.2, -0.15) is 0 Å².